The van der Waals surface area contributed by atoms with Gasteiger partial charge >= 0.3 is 0 Å². The third-order valence-electron chi connectivity index (χ3n) is 3.39. The van der Waals surface area contributed by atoms with Crippen LogP contribution in [0.25, 0.3) is 0 Å². The van der Waals surface area contributed by atoms with Crippen molar-refractivity contribution in [3.8, 4) is 5.75 Å². The Morgan fingerprint density at radius 1 is 1.16 bits per heavy atom. The van der Waals surface area contributed by atoms with Gasteiger partial charge in [0.1, 0.15) is 11.4 Å². The van der Waals surface area contributed by atoms with Crippen LogP contribution in [0.15, 0.2) is 36.5 Å². The molecule has 0 radical (unpaired) electrons. The predicted octanol–water partition coefficient (Wildman–Crippen LogP) is 3.78. The maximum absolute atomic E-state index is 12.2. The number of hydrogen-bond donors (Lipinski definition) is 2. The van der Waals surface area contributed by atoms with Gasteiger partial charge in [0.15, 0.2) is 0 Å². The van der Waals surface area contributed by atoms with Crippen molar-refractivity contribution in [3.63, 3.8) is 0 Å². The van der Waals surface area contributed by atoms with Crippen molar-refractivity contribution < 1.29 is 9.53 Å². The van der Waals surface area contributed by atoms with Gasteiger partial charge in [0.05, 0.1) is 11.8 Å². The summed E-state index contributed by atoms with van der Waals surface area (Å²) in [7, 11) is 0. The van der Waals surface area contributed by atoms with Crippen molar-refractivity contribution in [2.24, 2.45) is 5.92 Å². The number of amides is 1. The van der Waals surface area contributed by atoms with Gasteiger partial charge in [0.2, 0.25) is 5.95 Å². The smallest absolute Gasteiger partial charge is 0.270 e. The molecule has 6 heteroatoms. The molecule has 1 aromatic heterocycles. The third-order valence-corrected chi connectivity index (χ3v) is 3.39. The molecule has 0 saturated carbocycles. The summed E-state index contributed by atoms with van der Waals surface area (Å²) in [6.07, 6.45) is 2.56. The number of aromatic nitrogens is 2. The molecule has 0 saturated heterocycles. The van der Waals surface area contributed by atoms with E-state index in [4.69, 9.17) is 4.74 Å². The van der Waals surface area contributed by atoms with Crippen LogP contribution >= 0.6 is 0 Å². The number of benzene rings is 1. The third kappa shape index (κ3) is 6.06. The lowest BCUT2D eigenvalue weighted by Crippen LogP contribution is -2.26. The number of para-hydroxylation sites is 2. The van der Waals surface area contributed by atoms with Crippen LogP contribution in [0.4, 0.5) is 11.6 Å². The highest BCUT2D eigenvalue weighted by atomic mass is 16.5. The molecule has 2 N–H and O–H groups in total. The second-order valence-corrected chi connectivity index (χ2v) is 6.49. The van der Waals surface area contributed by atoms with Gasteiger partial charge in [-0.25, -0.2) is 9.97 Å². The SMILES string of the molecule is CC(C)CCNC(=O)c1ccnc(Nc2ccccc2OC(C)C)n1. The first-order valence-electron chi connectivity index (χ1n) is 8.59. The molecule has 1 heterocycles. The van der Waals surface area contributed by atoms with Crippen molar-refractivity contribution >= 4 is 17.5 Å². The maximum atomic E-state index is 12.2. The number of ether oxygens (including phenoxy) is 1. The normalized spacial score (nSPS) is 10.8. The topological polar surface area (TPSA) is 76.1 Å². The zero-order valence-corrected chi connectivity index (χ0v) is 15.2. The quantitative estimate of drug-likeness (QED) is 0.763. The van der Waals surface area contributed by atoms with Gasteiger partial charge in [-0.1, -0.05) is 26.0 Å². The van der Waals surface area contributed by atoms with Gasteiger partial charge in [-0.15, -0.1) is 0 Å². The molecule has 0 aliphatic rings. The predicted molar refractivity (Wildman–Crippen MR) is 99.3 cm³/mol. The van der Waals surface area contributed by atoms with E-state index in [9.17, 15) is 4.79 Å². The van der Waals surface area contributed by atoms with Crippen LogP contribution in [-0.4, -0.2) is 28.5 Å². The molecule has 0 aliphatic carbocycles. The molecule has 2 aromatic rings. The van der Waals surface area contributed by atoms with Crippen LogP contribution in [0.5, 0.6) is 5.75 Å². The number of nitrogens with zero attached hydrogens (tertiary/aromatic N) is 2. The van der Waals surface area contributed by atoms with Crippen molar-refractivity contribution in [2.75, 3.05) is 11.9 Å². The summed E-state index contributed by atoms with van der Waals surface area (Å²) < 4.78 is 5.77. The fraction of sp³-hybridized carbons (Fsp3) is 0.421. The standard InChI is InChI=1S/C19H26N4O2/c1-13(2)9-11-20-18(24)16-10-12-21-19(23-16)22-15-7-5-6-8-17(15)25-14(3)4/h5-8,10,12-14H,9,11H2,1-4H3,(H,20,24)(H,21,22,23). The summed E-state index contributed by atoms with van der Waals surface area (Å²) >= 11 is 0. The van der Waals surface area contributed by atoms with Gasteiger partial charge in [-0.3, -0.25) is 4.79 Å². The summed E-state index contributed by atoms with van der Waals surface area (Å²) in [4.78, 5) is 20.7. The monoisotopic (exact) mass is 342 g/mol. The van der Waals surface area contributed by atoms with E-state index >= 15 is 0 Å². The first-order valence-corrected chi connectivity index (χ1v) is 8.59. The van der Waals surface area contributed by atoms with Crippen LogP contribution in [0, 0.1) is 5.92 Å². The highest BCUT2D eigenvalue weighted by Crippen LogP contribution is 2.26. The molecule has 6 nitrogen and oxygen atoms in total. The van der Waals surface area contributed by atoms with Gasteiger partial charge in [-0.2, -0.15) is 0 Å². The van der Waals surface area contributed by atoms with E-state index in [0.29, 0.717) is 29.9 Å². The van der Waals surface area contributed by atoms with Crippen molar-refractivity contribution in [3.05, 3.63) is 42.2 Å². The van der Waals surface area contributed by atoms with E-state index in [-0.39, 0.29) is 12.0 Å². The second kappa shape index (κ2) is 9.01. The van der Waals surface area contributed by atoms with E-state index in [2.05, 4.69) is 34.4 Å². The Morgan fingerprint density at radius 3 is 2.64 bits per heavy atom. The Hall–Kier alpha value is -2.63. The molecule has 0 bridgehead atoms. The molecule has 2 rings (SSSR count). The summed E-state index contributed by atoms with van der Waals surface area (Å²) in [6.45, 7) is 8.81. The van der Waals surface area contributed by atoms with Crippen molar-refractivity contribution in [1.29, 1.82) is 0 Å². The van der Waals surface area contributed by atoms with Crippen LogP contribution in [0.1, 0.15) is 44.6 Å². The summed E-state index contributed by atoms with van der Waals surface area (Å²) in [5.74, 6) is 1.42. The van der Waals surface area contributed by atoms with Gasteiger partial charge in [0.25, 0.3) is 5.91 Å². The van der Waals surface area contributed by atoms with E-state index in [1.54, 1.807) is 12.3 Å². The van der Waals surface area contributed by atoms with Crippen molar-refractivity contribution in [2.45, 2.75) is 40.2 Å². The molecule has 1 aromatic carbocycles. The second-order valence-electron chi connectivity index (χ2n) is 6.49. The molecule has 0 spiro atoms. The Bertz CT molecular complexity index is 701. The molecular weight excluding hydrogens is 316 g/mol. The minimum atomic E-state index is -0.196. The molecule has 0 aliphatic heterocycles. The van der Waals surface area contributed by atoms with Crippen LogP contribution in [0.2, 0.25) is 0 Å². The Morgan fingerprint density at radius 2 is 1.92 bits per heavy atom. The van der Waals surface area contributed by atoms with E-state index < -0.39 is 0 Å². The molecule has 25 heavy (non-hydrogen) atoms. The van der Waals surface area contributed by atoms with Crippen LogP contribution < -0.4 is 15.4 Å². The lowest BCUT2D eigenvalue weighted by atomic mass is 10.1. The number of hydrogen-bond acceptors (Lipinski definition) is 5. The molecule has 134 valence electrons. The van der Waals surface area contributed by atoms with Gasteiger partial charge in [0, 0.05) is 12.7 Å². The number of nitrogens with one attached hydrogen (secondary N) is 2. The minimum Gasteiger partial charge on any atom is -0.489 e. The number of carbonyl (C=O) groups excluding carboxylic acids is 1. The Balaban J connectivity index is 2.08. The zero-order valence-electron chi connectivity index (χ0n) is 15.2. The Labute approximate surface area is 149 Å². The molecule has 1 amide bonds. The highest BCUT2D eigenvalue weighted by molar-refractivity contribution is 5.92. The van der Waals surface area contributed by atoms with E-state index in [1.807, 2.05) is 38.1 Å². The lowest BCUT2D eigenvalue weighted by molar-refractivity contribution is 0.0947. The molecule has 0 fully saturated rings. The van der Waals surface area contributed by atoms with E-state index in [0.717, 1.165) is 12.1 Å². The molecule has 0 unspecified atom stereocenters. The summed E-state index contributed by atoms with van der Waals surface area (Å²) in [5.41, 5.74) is 1.09. The first-order chi connectivity index (χ1) is 12.0. The van der Waals surface area contributed by atoms with E-state index in [1.165, 1.54) is 0 Å². The van der Waals surface area contributed by atoms with Gasteiger partial charge < -0.3 is 15.4 Å². The van der Waals surface area contributed by atoms with Gasteiger partial charge in [-0.05, 0) is 44.4 Å². The number of rotatable bonds is 8. The summed E-state index contributed by atoms with van der Waals surface area (Å²) in [6, 6.07) is 9.17. The first kappa shape index (κ1) is 18.7. The largest absolute Gasteiger partial charge is 0.489 e. The highest BCUT2D eigenvalue weighted by Gasteiger charge is 2.11. The maximum Gasteiger partial charge on any atom is 0.270 e. The Kier molecular flexibility index (Phi) is 6.74. The average molecular weight is 342 g/mol. The fourth-order valence-corrected chi connectivity index (χ4v) is 2.16. The number of carbonyl (C=O) groups is 1. The zero-order chi connectivity index (χ0) is 18.2. The average Bonchev–Trinajstić information content (AvgIpc) is 2.56. The van der Waals surface area contributed by atoms with Crippen LogP contribution in [-0.2, 0) is 0 Å². The fourth-order valence-electron chi connectivity index (χ4n) is 2.16. The van der Waals surface area contributed by atoms with Crippen molar-refractivity contribution in [1.82, 2.24) is 15.3 Å². The minimum absolute atomic E-state index is 0.0573. The molecular formula is C19H26N4O2. The number of anilines is 2. The molecule has 0 atom stereocenters. The summed E-state index contributed by atoms with van der Waals surface area (Å²) in [5, 5.41) is 6.00. The lowest BCUT2D eigenvalue weighted by Gasteiger charge is -2.15. The van der Waals surface area contributed by atoms with Crippen LogP contribution in [0.3, 0.4) is 0 Å².